The maximum atomic E-state index is 12.3. The largest absolute Gasteiger partial charge is 0.497 e. The molecule has 2 N–H and O–H groups in total. The molecule has 0 radical (unpaired) electrons. The molecule has 1 aromatic heterocycles. The summed E-state index contributed by atoms with van der Waals surface area (Å²) in [6, 6.07) is 16.8. The van der Waals surface area contributed by atoms with Gasteiger partial charge >= 0.3 is 0 Å². The fraction of sp³-hybridized carbons (Fsp3) is 0.143. The lowest BCUT2D eigenvalue weighted by Crippen LogP contribution is -2.12. The van der Waals surface area contributed by atoms with E-state index in [0.29, 0.717) is 17.0 Å². The second-order valence-corrected chi connectivity index (χ2v) is 6.01. The van der Waals surface area contributed by atoms with Gasteiger partial charge in [0.15, 0.2) is 0 Å². The Kier molecular flexibility index (Phi) is 5.17. The lowest BCUT2D eigenvalue weighted by atomic mass is 10.1. The Morgan fingerprint density at radius 3 is 2.23 bits per heavy atom. The highest BCUT2D eigenvalue weighted by Crippen LogP contribution is 2.23. The van der Waals surface area contributed by atoms with Gasteiger partial charge in [0.05, 0.1) is 19.0 Å². The number of pyridine rings is 1. The van der Waals surface area contributed by atoms with E-state index in [4.69, 9.17) is 4.74 Å². The first-order valence-corrected chi connectivity index (χ1v) is 8.31. The zero-order valence-electron chi connectivity index (χ0n) is 15.0. The molecule has 3 rings (SSSR count). The number of ether oxygens (including phenoxy) is 1. The second-order valence-electron chi connectivity index (χ2n) is 6.01. The van der Waals surface area contributed by atoms with Crippen molar-refractivity contribution in [1.29, 1.82) is 0 Å². The number of anilines is 3. The molecule has 5 heteroatoms. The number of carbonyl (C=O) groups is 1. The van der Waals surface area contributed by atoms with Crippen molar-refractivity contribution in [2.24, 2.45) is 0 Å². The lowest BCUT2D eigenvalue weighted by molar-refractivity contribution is 0.102. The van der Waals surface area contributed by atoms with E-state index >= 15 is 0 Å². The first-order valence-electron chi connectivity index (χ1n) is 8.31. The van der Waals surface area contributed by atoms with Crippen LogP contribution in [0.15, 0.2) is 60.8 Å². The Morgan fingerprint density at radius 2 is 1.65 bits per heavy atom. The third kappa shape index (κ3) is 4.00. The number of aryl methyl sites for hydroxylation is 2. The van der Waals surface area contributed by atoms with Gasteiger partial charge in [-0.1, -0.05) is 18.2 Å². The molecule has 132 valence electrons. The van der Waals surface area contributed by atoms with Crippen LogP contribution in [0, 0.1) is 13.8 Å². The van der Waals surface area contributed by atoms with Crippen LogP contribution in [0.5, 0.6) is 5.75 Å². The summed E-state index contributed by atoms with van der Waals surface area (Å²) in [5.74, 6) is 1.25. The van der Waals surface area contributed by atoms with Gasteiger partial charge in [-0.05, 0) is 61.4 Å². The van der Waals surface area contributed by atoms with E-state index in [1.807, 2.05) is 18.2 Å². The van der Waals surface area contributed by atoms with Gasteiger partial charge < -0.3 is 15.4 Å². The first kappa shape index (κ1) is 17.5. The topological polar surface area (TPSA) is 63.2 Å². The number of aromatic nitrogens is 1. The first-order chi connectivity index (χ1) is 12.6. The summed E-state index contributed by atoms with van der Waals surface area (Å²) in [5, 5.41) is 6.17. The summed E-state index contributed by atoms with van der Waals surface area (Å²) in [5.41, 5.74) is 4.56. The number of amides is 1. The molecule has 0 fully saturated rings. The molecule has 0 saturated heterocycles. The zero-order valence-corrected chi connectivity index (χ0v) is 15.0. The molecular weight excluding hydrogens is 326 g/mol. The Labute approximate surface area is 153 Å². The van der Waals surface area contributed by atoms with Crippen LogP contribution < -0.4 is 15.4 Å². The minimum atomic E-state index is -0.190. The Morgan fingerprint density at radius 1 is 0.962 bits per heavy atom. The normalized spacial score (nSPS) is 10.3. The average Bonchev–Trinajstić information content (AvgIpc) is 2.66. The summed E-state index contributed by atoms with van der Waals surface area (Å²) in [7, 11) is 1.59. The average molecular weight is 347 g/mol. The monoisotopic (exact) mass is 347 g/mol. The van der Waals surface area contributed by atoms with Gasteiger partial charge in [0.1, 0.15) is 11.6 Å². The molecule has 0 saturated carbocycles. The van der Waals surface area contributed by atoms with Gasteiger partial charge in [-0.15, -0.1) is 0 Å². The third-order valence-corrected chi connectivity index (χ3v) is 4.11. The molecule has 0 aliphatic heterocycles. The number of carbonyl (C=O) groups excluding carboxylic acids is 1. The zero-order chi connectivity index (χ0) is 18.5. The van der Waals surface area contributed by atoms with Gasteiger partial charge in [-0.3, -0.25) is 4.79 Å². The second kappa shape index (κ2) is 7.70. The molecule has 26 heavy (non-hydrogen) atoms. The molecular formula is C21H21N3O2. The molecule has 5 nitrogen and oxygen atoms in total. The van der Waals surface area contributed by atoms with Crippen molar-refractivity contribution in [2.75, 3.05) is 17.7 Å². The predicted molar refractivity (Wildman–Crippen MR) is 104 cm³/mol. The number of methoxy groups -OCH3 is 1. The van der Waals surface area contributed by atoms with Gasteiger partial charge in [0.2, 0.25) is 0 Å². The molecule has 0 aliphatic carbocycles. The molecule has 0 bridgehead atoms. The molecule has 3 aromatic rings. The number of hydrogen-bond donors (Lipinski definition) is 2. The van der Waals surface area contributed by atoms with Crippen LogP contribution in [-0.2, 0) is 0 Å². The van der Waals surface area contributed by atoms with Crippen molar-refractivity contribution >= 4 is 23.1 Å². The van der Waals surface area contributed by atoms with E-state index in [-0.39, 0.29) is 5.91 Å². The minimum Gasteiger partial charge on any atom is -0.497 e. The number of benzene rings is 2. The van der Waals surface area contributed by atoms with Crippen LogP contribution >= 0.6 is 0 Å². The molecule has 1 heterocycles. The van der Waals surface area contributed by atoms with Crippen LogP contribution in [0.4, 0.5) is 17.2 Å². The van der Waals surface area contributed by atoms with Crippen molar-refractivity contribution in [3.8, 4) is 5.75 Å². The van der Waals surface area contributed by atoms with E-state index in [0.717, 1.165) is 22.6 Å². The van der Waals surface area contributed by atoms with Crippen LogP contribution in [0.25, 0.3) is 0 Å². The van der Waals surface area contributed by atoms with Crippen LogP contribution in [0.2, 0.25) is 0 Å². The van der Waals surface area contributed by atoms with Crippen molar-refractivity contribution in [1.82, 2.24) is 4.98 Å². The highest BCUT2D eigenvalue weighted by Gasteiger charge is 2.07. The fourth-order valence-corrected chi connectivity index (χ4v) is 2.63. The number of para-hydroxylation sites is 1. The number of rotatable bonds is 5. The van der Waals surface area contributed by atoms with E-state index in [9.17, 15) is 4.79 Å². The summed E-state index contributed by atoms with van der Waals surface area (Å²) < 4.78 is 5.10. The Balaban J connectivity index is 1.68. The molecule has 0 unspecified atom stereocenters. The van der Waals surface area contributed by atoms with Gasteiger partial charge in [-0.25, -0.2) is 4.98 Å². The molecule has 1 amide bonds. The molecule has 2 aromatic carbocycles. The maximum Gasteiger partial charge on any atom is 0.255 e. The summed E-state index contributed by atoms with van der Waals surface area (Å²) in [6.45, 7) is 4.11. The van der Waals surface area contributed by atoms with E-state index < -0.39 is 0 Å². The number of nitrogens with zero attached hydrogens (tertiary/aromatic N) is 1. The predicted octanol–water partition coefficient (Wildman–Crippen LogP) is 4.70. The highest BCUT2D eigenvalue weighted by molar-refractivity contribution is 6.04. The van der Waals surface area contributed by atoms with Crippen LogP contribution in [0.3, 0.4) is 0 Å². The lowest BCUT2D eigenvalue weighted by Gasteiger charge is -2.12. The Bertz CT molecular complexity index is 883. The summed E-state index contributed by atoms with van der Waals surface area (Å²) >= 11 is 0. The summed E-state index contributed by atoms with van der Waals surface area (Å²) in [4.78, 5) is 16.7. The number of nitrogens with one attached hydrogen (secondary N) is 2. The van der Waals surface area contributed by atoms with Crippen molar-refractivity contribution < 1.29 is 9.53 Å². The third-order valence-electron chi connectivity index (χ3n) is 4.11. The molecule has 0 aliphatic rings. The molecule has 0 spiro atoms. The van der Waals surface area contributed by atoms with E-state index in [1.165, 1.54) is 0 Å². The quantitative estimate of drug-likeness (QED) is 0.702. The van der Waals surface area contributed by atoms with Crippen molar-refractivity contribution in [3.63, 3.8) is 0 Å². The van der Waals surface area contributed by atoms with Gasteiger partial charge in [0, 0.05) is 11.3 Å². The van der Waals surface area contributed by atoms with E-state index in [2.05, 4.69) is 41.6 Å². The van der Waals surface area contributed by atoms with Gasteiger partial charge in [0.25, 0.3) is 5.91 Å². The van der Waals surface area contributed by atoms with Crippen molar-refractivity contribution in [3.05, 3.63) is 77.5 Å². The summed E-state index contributed by atoms with van der Waals surface area (Å²) in [6.07, 6.45) is 1.64. The van der Waals surface area contributed by atoms with Crippen LogP contribution in [0.1, 0.15) is 21.5 Å². The van der Waals surface area contributed by atoms with Gasteiger partial charge in [-0.2, -0.15) is 0 Å². The minimum absolute atomic E-state index is 0.190. The highest BCUT2D eigenvalue weighted by atomic mass is 16.5. The SMILES string of the molecule is COc1ccc(C(=O)Nc2ccc(Nc3c(C)cccc3C)nc2)cc1. The van der Waals surface area contributed by atoms with E-state index in [1.54, 1.807) is 37.6 Å². The van der Waals surface area contributed by atoms with Crippen molar-refractivity contribution in [2.45, 2.75) is 13.8 Å². The molecule has 0 atom stereocenters. The maximum absolute atomic E-state index is 12.3. The number of hydrogen-bond acceptors (Lipinski definition) is 4. The van der Waals surface area contributed by atoms with Crippen LogP contribution in [-0.4, -0.2) is 18.0 Å². The Hall–Kier alpha value is -3.34. The fourth-order valence-electron chi connectivity index (χ4n) is 2.63. The standard InChI is InChI=1S/C21H21N3O2/c1-14-5-4-6-15(2)20(14)24-19-12-9-17(13-22-19)23-21(25)16-7-10-18(26-3)11-8-16/h4-13H,1-3H3,(H,22,24)(H,23,25). The smallest absolute Gasteiger partial charge is 0.255 e.